The average Bonchev–Trinajstić information content (AvgIpc) is 3.26. The third kappa shape index (κ3) is 6.30. The van der Waals surface area contributed by atoms with Gasteiger partial charge in [0.2, 0.25) is 0 Å². The van der Waals surface area contributed by atoms with Gasteiger partial charge in [0.25, 0.3) is 11.6 Å². The molecule has 9 nitrogen and oxygen atoms in total. The SMILES string of the molecule is COCCNc1ccc(C(=O)NCCCc2nc(-c3ccncc3)cs2)cc1[N+](=O)[O-]. The Labute approximate surface area is 183 Å². The average molecular weight is 442 g/mol. The molecule has 0 aliphatic carbocycles. The molecule has 162 valence electrons. The van der Waals surface area contributed by atoms with E-state index in [4.69, 9.17) is 4.74 Å². The fourth-order valence-electron chi connectivity index (χ4n) is 2.89. The number of nitrogens with zero attached hydrogens (tertiary/aromatic N) is 3. The second-order valence-electron chi connectivity index (χ2n) is 6.63. The minimum Gasteiger partial charge on any atom is -0.383 e. The topological polar surface area (TPSA) is 119 Å². The summed E-state index contributed by atoms with van der Waals surface area (Å²) in [6.07, 6.45) is 4.92. The van der Waals surface area contributed by atoms with Crippen LogP contribution in [0.2, 0.25) is 0 Å². The highest BCUT2D eigenvalue weighted by molar-refractivity contribution is 7.09. The number of rotatable bonds is 11. The summed E-state index contributed by atoms with van der Waals surface area (Å²) in [5.41, 5.74) is 2.39. The van der Waals surface area contributed by atoms with Gasteiger partial charge < -0.3 is 15.4 Å². The van der Waals surface area contributed by atoms with Gasteiger partial charge in [0.1, 0.15) is 5.69 Å². The molecule has 0 spiro atoms. The van der Waals surface area contributed by atoms with Crippen molar-refractivity contribution in [3.05, 3.63) is 68.8 Å². The van der Waals surface area contributed by atoms with Crippen LogP contribution in [0.15, 0.2) is 48.1 Å². The van der Waals surface area contributed by atoms with Crippen LogP contribution in [0.3, 0.4) is 0 Å². The fraction of sp³-hybridized carbons (Fsp3) is 0.286. The van der Waals surface area contributed by atoms with E-state index in [0.29, 0.717) is 31.8 Å². The fourth-order valence-corrected chi connectivity index (χ4v) is 3.74. The number of anilines is 1. The molecule has 2 heterocycles. The molecule has 2 aromatic heterocycles. The number of benzene rings is 1. The third-order valence-electron chi connectivity index (χ3n) is 4.46. The molecule has 0 fully saturated rings. The predicted octanol–water partition coefficient (Wildman–Crippen LogP) is 3.53. The van der Waals surface area contributed by atoms with Crippen molar-refractivity contribution in [2.24, 2.45) is 0 Å². The van der Waals surface area contributed by atoms with E-state index in [9.17, 15) is 14.9 Å². The van der Waals surface area contributed by atoms with Gasteiger partial charge in [0, 0.05) is 61.6 Å². The van der Waals surface area contributed by atoms with Crippen molar-refractivity contribution in [1.82, 2.24) is 15.3 Å². The molecule has 0 saturated carbocycles. The number of nitrogens with one attached hydrogen (secondary N) is 2. The first-order valence-corrected chi connectivity index (χ1v) is 10.6. The lowest BCUT2D eigenvalue weighted by atomic mass is 10.1. The second-order valence-corrected chi connectivity index (χ2v) is 7.57. The third-order valence-corrected chi connectivity index (χ3v) is 5.37. The minimum absolute atomic E-state index is 0.143. The van der Waals surface area contributed by atoms with Crippen LogP contribution in [-0.2, 0) is 11.2 Å². The largest absolute Gasteiger partial charge is 0.383 e. The Bertz CT molecular complexity index is 1030. The predicted molar refractivity (Wildman–Crippen MR) is 119 cm³/mol. The zero-order valence-corrected chi connectivity index (χ0v) is 17.9. The van der Waals surface area contributed by atoms with E-state index in [0.717, 1.165) is 22.7 Å². The molecule has 0 saturated heterocycles. The number of nitro benzene ring substituents is 1. The van der Waals surface area contributed by atoms with Gasteiger partial charge in [-0.3, -0.25) is 19.9 Å². The van der Waals surface area contributed by atoms with E-state index in [1.165, 1.54) is 6.07 Å². The Kier molecular flexibility index (Phi) is 8.02. The van der Waals surface area contributed by atoms with Gasteiger partial charge in [-0.25, -0.2) is 4.98 Å². The van der Waals surface area contributed by atoms with E-state index in [1.54, 1.807) is 43.0 Å². The summed E-state index contributed by atoms with van der Waals surface area (Å²) < 4.78 is 4.93. The summed E-state index contributed by atoms with van der Waals surface area (Å²) in [4.78, 5) is 31.9. The Balaban J connectivity index is 1.51. The smallest absolute Gasteiger partial charge is 0.293 e. The number of hydrogen-bond donors (Lipinski definition) is 2. The van der Waals surface area contributed by atoms with Crippen molar-refractivity contribution in [3.8, 4) is 11.3 Å². The van der Waals surface area contributed by atoms with Crippen molar-refractivity contribution in [3.63, 3.8) is 0 Å². The van der Waals surface area contributed by atoms with Gasteiger partial charge in [-0.1, -0.05) is 0 Å². The number of nitro groups is 1. The van der Waals surface area contributed by atoms with Gasteiger partial charge in [-0.05, 0) is 30.7 Å². The molecule has 3 rings (SSSR count). The number of thiazole rings is 1. The summed E-state index contributed by atoms with van der Waals surface area (Å²) >= 11 is 1.58. The van der Waals surface area contributed by atoms with Crippen LogP contribution >= 0.6 is 11.3 Å². The second kappa shape index (κ2) is 11.1. The summed E-state index contributed by atoms with van der Waals surface area (Å²) in [6, 6.07) is 8.22. The van der Waals surface area contributed by atoms with Crippen LogP contribution in [0.5, 0.6) is 0 Å². The number of pyridine rings is 1. The Hall–Kier alpha value is -3.37. The summed E-state index contributed by atoms with van der Waals surface area (Å²) in [5, 5.41) is 20.1. The van der Waals surface area contributed by atoms with Gasteiger partial charge >= 0.3 is 0 Å². The first kappa shape index (κ1) is 22.3. The van der Waals surface area contributed by atoms with Gasteiger partial charge in [-0.15, -0.1) is 11.3 Å². The van der Waals surface area contributed by atoms with Crippen molar-refractivity contribution < 1.29 is 14.5 Å². The van der Waals surface area contributed by atoms with Gasteiger partial charge in [0.15, 0.2) is 0 Å². The lowest BCUT2D eigenvalue weighted by Gasteiger charge is -2.09. The normalized spacial score (nSPS) is 10.6. The molecule has 0 atom stereocenters. The van der Waals surface area contributed by atoms with Crippen LogP contribution in [-0.4, -0.2) is 47.6 Å². The summed E-state index contributed by atoms with van der Waals surface area (Å²) in [6.45, 7) is 1.30. The van der Waals surface area contributed by atoms with E-state index >= 15 is 0 Å². The van der Waals surface area contributed by atoms with Crippen molar-refractivity contribution in [2.45, 2.75) is 12.8 Å². The summed E-state index contributed by atoms with van der Waals surface area (Å²) in [7, 11) is 1.55. The maximum absolute atomic E-state index is 12.4. The zero-order chi connectivity index (χ0) is 22.1. The maximum Gasteiger partial charge on any atom is 0.293 e. The van der Waals surface area contributed by atoms with Crippen molar-refractivity contribution >= 4 is 28.6 Å². The Morgan fingerprint density at radius 2 is 2.03 bits per heavy atom. The zero-order valence-electron chi connectivity index (χ0n) is 17.0. The van der Waals surface area contributed by atoms with Crippen LogP contribution in [0, 0.1) is 10.1 Å². The number of hydrogen-bond acceptors (Lipinski definition) is 8. The number of carbonyl (C=O) groups is 1. The molecule has 3 aromatic rings. The number of carbonyl (C=O) groups excluding carboxylic acids is 1. The molecule has 0 bridgehead atoms. The Morgan fingerprint density at radius 1 is 1.23 bits per heavy atom. The Morgan fingerprint density at radius 3 is 2.77 bits per heavy atom. The van der Waals surface area contributed by atoms with Crippen molar-refractivity contribution in [1.29, 1.82) is 0 Å². The number of aryl methyl sites for hydroxylation is 1. The van der Waals surface area contributed by atoms with Crippen molar-refractivity contribution in [2.75, 3.05) is 32.1 Å². The van der Waals surface area contributed by atoms with Gasteiger partial charge in [-0.2, -0.15) is 0 Å². The number of methoxy groups -OCH3 is 1. The first-order chi connectivity index (χ1) is 15.1. The monoisotopic (exact) mass is 441 g/mol. The molecule has 0 aliphatic heterocycles. The highest BCUT2D eigenvalue weighted by Gasteiger charge is 2.17. The molecule has 31 heavy (non-hydrogen) atoms. The highest BCUT2D eigenvalue weighted by Crippen LogP contribution is 2.25. The standard InChI is InChI=1S/C21H23N5O4S/c1-30-12-11-23-17-5-4-16(13-19(17)26(28)29)21(27)24-8-2-3-20-25-18(14-31-20)15-6-9-22-10-7-15/h4-7,9-10,13-14,23H,2-3,8,11-12H2,1H3,(H,24,27). The van der Waals surface area contributed by atoms with E-state index in [-0.39, 0.29) is 17.2 Å². The number of aromatic nitrogens is 2. The molecule has 10 heteroatoms. The van der Waals surface area contributed by atoms with Crippen LogP contribution in [0.25, 0.3) is 11.3 Å². The van der Waals surface area contributed by atoms with E-state index in [2.05, 4.69) is 20.6 Å². The van der Waals surface area contributed by atoms with Crippen LogP contribution < -0.4 is 10.6 Å². The molecule has 1 amide bonds. The summed E-state index contributed by atoms with van der Waals surface area (Å²) in [5.74, 6) is -0.344. The molecule has 1 aromatic carbocycles. The lowest BCUT2D eigenvalue weighted by molar-refractivity contribution is -0.384. The molecular formula is C21H23N5O4S. The van der Waals surface area contributed by atoms with E-state index in [1.807, 2.05) is 17.5 Å². The van der Waals surface area contributed by atoms with Crippen LogP contribution in [0.1, 0.15) is 21.8 Å². The highest BCUT2D eigenvalue weighted by atomic mass is 32.1. The molecule has 0 radical (unpaired) electrons. The molecule has 2 N–H and O–H groups in total. The van der Waals surface area contributed by atoms with Gasteiger partial charge in [0.05, 0.1) is 22.2 Å². The lowest BCUT2D eigenvalue weighted by Crippen LogP contribution is -2.25. The maximum atomic E-state index is 12.4. The van der Waals surface area contributed by atoms with Crippen LogP contribution in [0.4, 0.5) is 11.4 Å². The molecular weight excluding hydrogens is 418 g/mol. The number of ether oxygens (including phenoxy) is 1. The quantitative estimate of drug-likeness (QED) is 0.265. The first-order valence-electron chi connectivity index (χ1n) is 9.72. The molecule has 0 aliphatic rings. The number of amides is 1. The van der Waals surface area contributed by atoms with E-state index < -0.39 is 4.92 Å². The molecule has 0 unspecified atom stereocenters. The minimum atomic E-state index is -0.505.